The second-order valence-corrected chi connectivity index (χ2v) is 6.20. The Morgan fingerprint density at radius 1 is 1.19 bits per heavy atom. The smallest absolute Gasteiger partial charge is 0.0474 e. The lowest BCUT2D eigenvalue weighted by Gasteiger charge is -2.12. The topological polar surface area (TPSA) is 0 Å². The Hall–Kier alpha value is 0.01000. The molecule has 0 nitrogen and oxygen atoms in total. The van der Waals surface area contributed by atoms with Crippen molar-refractivity contribution >= 4 is 36.2 Å². The number of thioether (sulfide) groups is 2. The molecule has 0 aliphatic rings. The molecule has 0 aromatic heterocycles. The summed E-state index contributed by atoms with van der Waals surface area (Å²) in [5.74, 6) is 4.49. The van der Waals surface area contributed by atoms with Crippen molar-refractivity contribution in [1.82, 2.24) is 0 Å². The Kier molecular flexibility index (Phi) is 7.99. The van der Waals surface area contributed by atoms with Gasteiger partial charge in [0.15, 0.2) is 0 Å². The molecule has 0 heterocycles. The number of benzene rings is 1. The molecule has 1 unspecified atom stereocenters. The normalized spacial score (nSPS) is 12.3. The van der Waals surface area contributed by atoms with Gasteiger partial charge in [-0.05, 0) is 11.3 Å². The van der Waals surface area contributed by atoms with Crippen molar-refractivity contribution in [3.8, 4) is 0 Å². The van der Waals surface area contributed by atoms with Gasteiger partial charge in [-0.25, -0.2) is 0 Å². The summed E-state index contributed by atoms with van der Waals surface area (Å²) in [5.41, 5.74) is 1.35. The van der Waals surface area contributed by atoms with Crippen LogP contribution < -0.4 is 0 Å². The molecule has 1 rings (SSSR count). The van der Waals surface area contributed by atoms with Crippen molar-refractivity contribution in [3.05, 3.63) is 48.6 Å². The van der Waals surface area contributed by atoms with E-state index < -0.39 is 0 Å². The summed E-state index contributed by atoms with van der Waals surface area (Å²) in [6.07, 6.45) is 2.03. The highest BCUT2D eigenvalue weighted by atomic mass is 32.2. The maximum absolute atomic E-state index is 4.20. The Balaban J connectivity index is 2.30. The molecule has 16 heavy (non-hydrogen) atoms. The molecule has 0 spiro atoms. The van der Waals surface area contributed by atoms with Gasteiger partial charge in [0, 0.05) is 22.5 Å². The van der Waals surface area contributed by atoms with E-state index in [-0.39, 0.29) is 0 Å². The van der Waals surface area contributed by atoms with E-state index in [4.69, 9.17) is 0 Å². The minimum absolute atomic E-state index is 0.429. The Morgan fingerprint density at radius 3 is 2.56 bits per heavy atom. The fraction of sp³-hybridized carbons (Fsp3) is 0.385. The molecular formula is C13H18S3. The van der Waals surface area contributed by atoms with Crippen LogP contribution in [0.3, 0.4) is 0 Å². The third-order valence-corrected chi connectivity index (χ3v) is 5.14. The molecule has 0 saturated carbocycles. The summed E-state index contributed by atoms with van der Waals surface area (Å²) in [4.78, 5) is 0. The molecule has 1 atom stereocenters. The van der Waals surface area contributed by atoms with Gasteiger partial charge >= 0.3 is 0 Å². The van der Waals surface area contributed by atoms with Crippen LogP contribution in [0.2, 0.25) is 0 Å². The molecular weight excluding hydrogens is 252 g/mol. The van der Waals surface area contributed by atoms with Crippen LogP contribution in [-0.4, -0.2) is 23.0 Å². The summed E-state index contributed by atoms with van der Waals surface area (Å²) in [6.45, 7) is 3.91. The average Bonchev–Trinajstić information content (AvgIpc) is 2.35. The van der Waals surface area contributed by atoms with Crippen LogP contribution in [0.15, 0.2) is 43.0 Å². The van der Waals surface area contributed by atoms with Crippen molar-refractivity contribution in [1.29, 1.82) is 0 Å². The highest BCUT2D eigenvalue weighted by molar-refractivity contribution is 8.03. The standard InChI is InChI=1S/C13H18S3/c1-2-13(12-6-4-3-5-7-12)16-11-10-15-9-8-14/h2-7,13-14H,1,8-11H2. The third-order valence-electron chi connectivity index (χ3n) is 2.10. The van der Waals surface area contributed by atoms with Gasteiger partial charge in [-0.3, -0.25) is 0 Å². The summed E-state index contributed by atoms with van der Waals surface area (Å²) in [6, 6.07) is 10.6. The van der Waals surface area contributed by atoms with Crippen LogP contribution in [0.1, 0.15) is 10.8 Å². The maximum Gasteiger partial charge on any atom is 0.0474 e. The zero-order chi connectivity index (χ0) is 11.6. The number of thiol groups is 1. The maximum atomic E-state index is 4.20. The molecule has 1 aromatic rings. The molecule has 0 radical (unpaired) electrons. The highest BCUT2D eigenvalue weighted by Gasteiger charge is 2.06. The lowest BCUT2D eigenvalue weighted by atomic mass is 10.1. The monoisotopic (exact) mass is 270 g/mol. The Bertz CT molecular complexity index is 284. The first-order valence-corrected chi connectivity index (χ1v) is 8.19. The van der Waals surface area contributed by atoms with Crippen molar-refractivity contribution < 1.29 is 0 Å². The van der Waals surface area contributed by atoms with E-state index >= 15 is 0 Å². The largest absolute Gasteiger partial charge is 0.179 e. The van der Waals surface area contributed by atoms with E-state index in [9.17, 15) is 0 Å². The molecule has 0 aliphatic carbocycles. The van der Waals surface area contributed by atoms with Gasteiger partial charge in [-0.2, -0.15) is 24.4 Å². The number of hydrogen-bond donors (Lipinski definition) is 1. The molecule has 0 saturated heterocycles. The van der Waals surface area contributed by atoms with Crippen LogP contribution in [0, 0.1) is 0 Å². The summed E-state index contributed by atoms with van der Waals surface area (Å²) < 4.78 is 0. The first-order chi connectivity index (χ1) is 7.88. The summed E-state index contributed by atoms with van der Waals surface area (Å²) in [5, 5.41) is 0.429. The molecule has 1 aromatic carbocycles. The Labute approximate surface area is 113 Å². The predicted molar refractivity (Wildman–Crippen MR) is 83.0 cm³/mol. The molecule has 0 bridgehead atoms. The van der Waals surface area contributed by atoms with E-state index in [1.807, 2.05) is 29.6 Å². The van der Waals surface area contributed by atoms with Gasteiger partial charge in [0.25, 0.3) is 0 Å². The second kappa shape index (κ2) is 9.08. The van der Waals surface area contributed by atoms with Crippen molar-refractivity contribution in [2.45, 2.75) is 5.25 Å². The average molecular weight is 270 g/mol. The summed E-state index contributed by atoms with van der Waals surface area (Å²) >= 11 is 8.13. The zero-order valence-electron chi connectivity index (χ0n) is 9.34. The number of rotatable bonds is 8. The molecule has 0 amide bonds. The van der Waals surface area contributed by atoms with E-state index in [1.54, 1.807) is 0 Å². The van der Waals surface area contributed by atoms with Gasteiger partial charge in [-0.1, -0.05) is 36.4 Å². The molecule has 88 valence electrons. The van der Waals surface area contributed by atoms with Gasteiger partial charge in [-0.15, -0.1) is 18.3 Å². The van der Waals surface area contributed by atoms with Gasteiger partial charge in [0.1, 0.15) is 0 Å². The minimum Gasteiger partial charge on any atom is -0.179 e. The first-order valence-electron chi connectivity index (χ1n) is 5.36. The fourth-order valence-corrected chi connectivity index (χ4v) is 3.66. The molecule has 0 fully saturated rings. The minimum atomic E-state index is 0.429. The fourth-order valence-electron chi connectivity index (χ4n) is 1.34. The van der Waals surface area contributed by atoms with Crippen molar-refractivity contribution in [3.63, 3.8) is 0 Å². The van der Waals surface area contributed by atoms with Gasteiger partial charge in [0.2, 0.25) is 0 Å². The van der Waals surface area contributed by atoms with Crippen molar-refractivity contribution in [2.24, 2.45) is 0 Å². The van der Waals surface area contributed by atoms with Gasteiger partial charge in [0.05, 0.1) is 0 Å². The highest BCUT2D eigenvalue weighted by Crippen LogP contribution is 2.29. The first kappa shape index (κ1) is 14.1. The van der Waals surface area contributed by atoms with Crippen LogP contribution in [0.5, 0.6) is 0 Å². The quantitative estimate of drug-likeness (QED) is 0.425. The molecule has 3 heteroatoms. The van der Waals surface area contributed by atoms with E-state index in [1.165, 1.54) is 17.1 Å². The van der Waals surface area contributed by atoms with E-state index in [2.05, 4.69) is 49.5 Å². The SMILES string of the molecule is C=CC(SCCSCCS)c1ccccc1. The zero-order valence-corrected chi connectivity index (χ0v) is 11.9. The third kappa shape index (κ3) is 5.37. The predicted octanol–water partition coefficient (Wildman–Crippen LogP) is 4.31. The van der Waals surface area contributed by atoms with Crippen molar-refractivity contribution in [2.75, 3.05) is 23.0 Å². The molecule has 0 N–H and O–H groups in total. The van der Waals surface area contributed by atoms with Crippen LogP contribution >= 0.6 is 36.2 Å². The molecule has 0 aliphatic heterocycles. The van der Waals surface area contributed by atoms with E-state index in [0.717, 1.165) is 11.5 Å². The van der Waals surface area contributed by atoms with Crippen LogP contribution in [0.4, 0.5) is 0 Å². The lowest BCUT2D eigenvalue weighted by molar-refractivity contribution is 1.23. The lowest BCUT2D eigenvalue weighted by Crippen LogP contribution is -1.94. The van der Waals surface area contributed by atoms with Crippen LogP contribution in [-0.2, 0) is 0 Å². The van der Waals surface area contributed by atoms with E-state index in [0.29, 0.717) is 5.25 Å². The second-order valence-electron chi connectivity index (χ2n) is 3.27. The van der Waals surface area contributed by atoms with Gasteiger partial charge < -0.3 is 0 Å². The number of hydrogen-bond acceptors (Lipinski definition) is 3. The summed E-state index contributed by atoms with van der Waals surface area (Å²) in [7, 11) is 0. The van der Waals surface area contributed by atoms with Crippen LogP contribution in [0.25, 0.3) is 0 Å². The Morgan fingerprint density at radius 2 is 1.94 bits per heavy atom.